The van der Waals surface area contributed by atoms with E-state index in [-0.39, 0.29) is 18.3 Å². The van der Waals surface area contributed by atoms with Crippen LogP contribution >= 0.6 is 11.8 Å². The largest absolute Gasteiger partial charge is 0.390 e. The summed E-state index contributed by atoms with van der Waals surface area (Å²) in [6, 6.07) is 10.2. The Morgan fingerprint density at radius 2 is 1.64 bits per heavy atom. The van der Waals surface area contributed by atoms with Crippen molar-refractivity contribution in [2.75, 3.05) is 6.61 Å². The fourth-order valence-electron chi connectivity index (χ4n) is 4.04. The number of rotatable bonds is 2. The first-order chi connectivity index (χ1) is 11.7. The number of benzene rings is 1. The van der Waals surface area contributed by atoms with E-state index in [4.69, 9.17) is 18.9 Å². The molecule has 1 saturated carbocycles. The summed E-state index contributed by atoms with van der Waals surface area (Å²) in [5.74, 6) is -1.41. The average Bonchev–Trinajstić information content (AvgIpc) is 2.86. The summed E-state index contributed by atoms with van der Waals surface area (Å²) in [5.41, 5.74) is 0. The van der Waals surface area contributed by atoms with E-state index in [1.807, 2.05) is 45.9 Å². The Labute approximate surface area is 153 Å². The summed E-state index contributed by atoms with van der Waals surface area (Å²) in [6.07, 6.45) is -1.01. The summed E-state index contributed by atoms with van der Waals surface area (Å²) in [5, 5.41) is 10.8. The van der Waals surface area contributed by atoms with Gasteiger partial charge in [-0.1, -0.05) is 18.2 Å². The average molecular weight is 366 g/mol. The van der Waals surface area contributed by atoms with E-state index < -0.39 is 22.4 Å². The van der Waals surface area contributed by atoms with Crippen LogP contribution in [0.5, 0.6) is 0 Å². The van der Waals surface area contributed by atoms with Gasteiger partial charge in [0.05, 0.1) is 17.5 Å². The Morgan fingerprint density at radius 3 is 2.36 bits per heavy atom. The zero-order valence-electron chi connectivity index (χ0n) is 15.1. The SMILES string of the molecule is CC1(C)O[C@@H]2[C@H](O1)[C@H]1OC(C)(C)OC[C@]1(Sc1ccccc1)C[C@@H]2O. The molecule has 138 valence electrons. The molecular weight excluding hydrogens is 340 g/mol. The van der Waals surface area contributed by atoms with Gasteiger partial charge in [-0.05, 0) is 46.2 Å². The molecule has 4 rings (SSSR count). The van der Waals surface area contributed by atoms with Crippen molar-refractivity contribution in [2.45, 2.75) is 79.7 Å². The van der Waals surface area contributed by atoms with Crippen LogP contribution in [0.15, 0.2) is 35.2 Å². The van der Waals surface area contributed by atoms with Crippen LogP contribution in [0.25, 0.3) is 0 Å². The Morgan fingerprint density at radius 1 is 0.960 bits per heavy atom. The normalized spacial score (nSPS) is 41.8. The molecule has 3 fully saturated rings. The number of hydrogen-bond donors (Lipinski definition) is 1. The summed E-state index contributed by atoms with van der Waals surface area (Å²) >= 11 is 1.70. The molecule has 0 spiro atoms. The van der Waals surface area contributed by atoms with Gasteiger partial charge in [0.15, 0.2) is 11.6 Å². The molecule has 1 aromatic carbocycles. The van der Waals surface area contributed by atoms with Gasteiger partial charge < -0.3 is 24.1 Å². The number of aliphatic hydroxyl groups excluding tert-OH is 1. The zero-order chi connectivity index (χ0) is 17.9. The van der Waals surface area contributed by atoms with E-state index in [1.165, 1.54) is 0 Å². The topological polar surface area (TPSA) is 57.2 Å². The third-order valence-corrected chi connectivity index (χ3v) is 6.48. The lowest BCUT2D eigenvalue weighted by molar-refractivity contribution is -0.314. The molecule has 6 heteroatoms. The van der Waals surface area contributed by atoms with Crippen LogP contribution < -0.4 is 0 Å². The molecule has 0 amide bonds. The minimum absolute atomic E-state index is 0.225. The minimum atomic E-state index is -0.727. The summed E-state index contributed by atoms with van der Waals surface area (Å²) in [7, 11) is 0. The summed E-state index contributed by atoms with van der Waals surface area (Å²) < 4.78 is 24.1. The van der Waals surface area contributed by atoms with Gasteiger partial charge in [0, 0.05) is 4.90 Å². The molecule has 0 radical (unpaired) electrons. The molecule has 1 aromatic rings. The molecule has 5 atom stereocenters. The zero-order valence-corrected chi connectivity index (χ0v) is 15.9. The molecule has 0 unspecified atom stereocenters. The smallest absolute Gasteiger partial charge is 0.164 e. The number of thioether (sulfide) groups is 1. The van der Waals surface area contributed by atoms with Crippen molar-refractivity contribution in [3.63, 3.8) is 0 Å². The lowest BCUT2D eigenvalue weighted by Crippen LogP contribution is -2.67. The second kappa shape index (κ2) is 5.94. The molecule has 5 nitrogen and oxygen atoms in total. The summed E-state index contributed by atoms with van der Waals surface area (Å²) in [6.45, 7) is 8.10. The maximum Gasteiger partial charge on any atom is 0.164 e. The van der Waals surface area contributed by atoms with E-state index >= 15 is 0 Å². The van der Waals surface area contributed by atoms with Crippen molar-refractivity contribution in [3.05, 3.63) is 30.3 Å². The molecule has 2 aliphatic heterocycles. The van der Waals surface area contributed by atoms with Gasteiger partial charge in [-0.15, -0.1) is 11.8 Å². The van der Waals surface area contributed by atoms with E-state index in [9.17, 15) is 5.11 Å². The van der Waals surface area contributed by atoms with Gasteiger partial charge in [0.2, 0.25) is 0 Å². The number of aliphatic hydroxyl groups is 1. The van der Waals surface area contributed by atoms with E-state index in [1.54, 1.807) is 11.8 Å². The second-order valence-electron chi connectivity index (χ2n) is 8.04. The lowest BCUT2D eigenvalue weighted by Gasteiger charge is -2.54. The standard InChI is InChI=1S/C19H26O5S/c1-17(2)21-11-19(25-12-8-6-5-7-9-12)10-13(20)14-15(16(19)24-17)23-18(3,4)22-14/h5-9,13-16,20H,10-11H2,1-4H3/t13-,14-,15-,16+,19+/m0/s1. The highest BCUT2D eigenvalue weighted by Crippen LogP contribution is 2.53. The van der Waals surface area contributed by atoms with Gasteiger partial charge in [-0.25, -0.2) is 0 Å². The number of hydrogen-bond acceptors (Lipinski definition) is 6. The van der Waals surface area contributed by atoms with Crippen molar-refractivity contribution in [2.24, 2.45) is 0 Å². The monoisotopic (exact) mass is 366 g/mol. The molecule has 1 aliphatic carbocycles. The molecule has 1 N–H and O–H groups in total. The first-order valence-corrected chi connectivity index (χ1v) is 9.61. The first kappa shape index (κ1) is 17.8. The van der Waals surface area contributed by atoms with Gasteiger partial charge in [0.1, 0.15) is 18.3 Å². The van der Waals surface area contributed by atoms with Crippen molar-refractivity contribution >= 4 is 11.8 Å². The quantitative estimate of drug-likeness (QED) is 0.868. The highest BCUT2D eigenvalue weighted by molar-refractivity contribution is 8.00. The van der Waals surface area contributed by atoms with Crippen LogP contribution in [0, 0.1) is 0 Å². The Bertz CT molecular complexity index is 634. The lowest BCUT2D eigenvalue weighted by atomic mass is 9.79. The van der Waals surface area contributed by atoms with Crippen molar-refractivity contribution in [3.8, 4) is 0 Å². The van der Waals surface area contributed by atoms with Crippen LogP contribution in [0.2, 0.25) is 0 Å². The van der Waals surface area contributed by atoms with Crippen molar-refractivity contribution in [1.29, 1.82) is 0 Å². The number of fused-ring (bicyclic) bond motifs is 3. The Hall–Kier alpha value is -0.630. The Balaban J connectivity index is 1.70. The van der Waals surface area contributed by atoms with E-state index in [0.29, 0.717) is 13.0 Å². The van der Waals surface area contributed by atoms with Crippen LogP contribution in [0.3, 0.4) is 0 Å². The van der Waals surface area contributed by atoms with Crippen LogP contribution in [0.1, 0.15) is 34.1 Å². The maximum atomic E-state index is 10.8. The molecule has 25 heavy (non-hydrogen) atoms. The highest BCUT2D eigenvalue weighted by atomic mass is 32.2. The number of ether oxygens (including phenoxy) is 4. The molecule has 0 bridgehead atoms. The third-order valence-electron chi connectivity index (χ3n) is 5.05. The van der Waals surface area contributed by atoms with Gasteiger partial charge in [-0.2, -0.15) is 0 Å². The first-order valence-electron chi connectivity index (χ1n) is 8.79. The van der Waals surface area contributed by atoms with E-state index in [2.05, 4.69) is 12.1 Å². The van der Waals surface area contributed by atoms with Crippen molar-refractivity contribution in [1.82, 2.24) is 0 Å². The molecule has 0 aromatic heterocycles. The van der Waals surface area contributed by atoms with Gasteiger partial charge >= 0.3 is 0 Å². The van der Waals surface area contributed by atoms with Gasteiger partial charge in [-0.3, -0.25) is 0 Å². The molecular formula is C19H26O5S. The minimum Gasteiger partial charge on any atom is -0.390 e. The van der Waals surface area contributed by atoms with Crippen LogP contribution in [-0.4, -0.2) is 52.5 Å². The Kier molecular flexibility index (Phi) is 4.22. The fraction of sp³-hybridized carbons (Fsp3) is 0.684. The van der Waals surface area contributed by atoms with Gasteiger partial charge in [0.25, 0.3) is 0 Å². The third kappa shape index (κ3) is 3.24. The van der Waals surface area contributed by atoms with Crippen molar-refractivity contribution < 1.29 is 24.1 Å². The second-order valence-corrected chi connectivity index (χ2v) is 9.53. The van der Waals surface area contributed by atoms with Crippen LogP contribution in [0.4, 0.5) is 0 Å². The summed E-state index contributed by atoms with van der Waals surface area (Å²) in [4.78, 5) is 1.13. The fourth-order valence-corrected chi connectivity index (χ4v) is 5.47. The molecule has 2 heterocycles. The predicted octanol–water partition coefficient (Wildman–Crippen LogP) is 2.95. The molecule has 2 saturated heterocycles. The highest BCUT2D eigenvalue weighted by Gasteiger charge is 2.63. The molecule has 3 aliphatic rings. The van der Waals surface area contributed by atoms with E-state index in [0.717, 1.165) is 4.90 Å². The van der Waals surface area contributed by atoms with Crippen LogP contribution in [-0.2, 0) is 18.9 Å². The predicted molar refractivity (Wildman–Crippen MR) is 94.4 cm³/mol. The maximum absolute atomic E-state index is 10.8.